The highest BCUT2D eigenvalue weighted by molar-refractivity contribution is 5.89. The first-order valence-electron chi connectivity index (χ1n) is 6.66. The smallest absolute Gasteiger partial charge is 0.318 e. The molecule has 0 fully saturated rings. The van der Waals surface area contributed by atoms with Gasteiger partial charge in [-0.1, -0.05) is 6.07 Å². The molecule has 0 saturated carbocycles. The third-order valence-electron chi connectivity index (χ3n) is 3.16. The predicted molar refractivity (Wildman–Crippen MR) is 83.0 cm³/mol. The molecule has 0 saturated heterocycles. The van der Waals surface area contributed by atoms with Gasteiger partial charge in [-0.3, -0.25) is 0 Å². The molecule has 2 rings (SSSR count). The van der Waals surface area contributed by atoms with Crippen molar-refractivity contribution in [1.29, 1.82) is 0 Å². The maximum atomic E-state index is 13.0. The maximum absolute atomic E-state index is 13.0. The van der Waals surface area contributed by atoms with Crippen molar-refractivity contribution in [3.05, 3.63) is 59.4 Å². The minimum absolute atomic E-state index is 0.221. The predicted octanol–water partition coefficient (Wildman–Crippen LogP) is 3.50. The Morgan fingerprint density at radius 2 is 1.76 bits per heavy atom. The molecule has 2 aromatic carbocycles. The second kappa shape index (κ2) is 6.74. The molecular weight excluding hydrogens is 269 g/mol. The number of benzene rings is 2. The zero-order chi connectivity index (χ0) is 15.2. The second-order valence-electron chi connectivity index (χ2n) is 4.71. The van der Waals surface area contributed by atoms with Crippen LogP contribution in [-0.4, -0.2) is 13.1 Å². The van der Waals surface area contributed by atoms with E-state index < -0.39 is 0 Å². The van der Waals surface area contributed by atoms with Crippen LogP contribution in [0.2, 0.25) is 0 Å². The van der Waals surface area contributed by atoms with Gasteiger partial charge in [0.05, 0.1) is 0 Å². The Kier molecular flexibility index (Phi) is 4.77. The molecule has 5 heteroatoms. The highest BCUT2D eigenvalue weighted by atomic mass is 19.1. The van der Waals surface area contributed by atoms with E-state index >= 15 is 0 Å². The normalized spacial score (nSPS) is 10.0. The molecular formula is C16H18FN3O. The molecule has 0 aromatic heterocycles. The number of amides is 2. The first kappa shape index (κ1) is 14.8. The van der Waals surface area contributed by atoms with Gasteiger partial charge in [0.25, 0.3) is 0 Å². The zero-order valence-corrected chi connectivity index (χ0v) is 12.0. The summed E-state index contributed by atoms with van der Waals surface area (Å²) in [5.41, 5.74) is 3.61. The number of nitrogens with one attached hydrogen (secondary N) is 3. The van der Waals surface area contributed by atoms with Crippen LogP contribution >= 0.6 is 0 Å². The third-order valence-corrected chi connectivity index (χ3v) is 3.16. The van der Waals surface area contributed by atoms with Crippen LogP contribution in [0, 0.1) is 12.7 Å². The van der Waals surface area contributed by atoms with Gasteiger partial charge >= 0.3 is 6.03 Å². The van der Waals surface area contributed by atoms with E-state index in [1.165, 1.54) is 12.1 Å². The Bertz CT molecular complexity index is 626. The summed E-state index contributed by atoms with van der Waals surface area (Å²) < 4.78 is 13.0. The quantitative estimate of drug-likeness (QED) is 0.806. The number of rotatable bonds is 4. The summed E-state index contributed by atoms with van der Waals surface area (Å²) in [6.07, 6.45) is 0. The van der Waals surface area contributed by atoms with Crippen molar-refractivity contribution in [2.45, 2.75) is 13.5 Å². The molecule has 4 nitrogen and oxygen atoms in total. The topological polar surface area (TPSA) is 53.2 Å². The lowest BCUT2D eigenvalue weighted by atomic mass is 10.1. The van der Waals surface area contributed by atoms with E-state index in [9.17, 15) is 9.18 Å². The largest absolute Gasteiger partial charge is 0.381 e. The van der Waals surface area contributed by atoms with E-state index in [1.54, 1.807) is 13.1 Å². The van der Waals surface area contributed by atoms with E-state index in [1.807, 2.05) is 31.2 Å². The lowest BCUT2D eigenvalue weighted by Gasteiger charge is -2.10. The number of anilines is 2. The number of carbonyl (C=O) groups is 1. The SMILES string of the molecule is CNC(=O)Nc1ccc(NCc2ccc(F)cc2C)cc1. The number of hydrogen-bond acceptors (Lipinski definition) is 2. The van der Waals surface area contributed by atoms with E-state index in [2.05, 4.69) is 16.0 Å². The zero-order valence-electron chi connectivity index (χ0n) is 12.0. The van der Waals surface area contributed by atoms with Gasteiger partial charge in [-0.2, -0.15) is 0 Å². The van der Waals surface area contributed by atoms with Gasteiger partial charge in [0.2, 0.25) is 0 Å². The van der Waals surface area contributed by atoms with Crippen molar-refractivity contribution < 1.29 is 9.18 Å². The fraction of sp³-hybridized carbons (Fsp3) is 0.188. The van der Waals surface area contributed by atoms with E-state index in [0.717, 1.165) is 22.5 Å². The van der Waals surface area contributed by atoms with Gasteiger partial charge < -0.3 is 16.0 Å². The first-order valence-corrected chi connectivity index (χ1v) is 6.66. The minimum Gasteiger partial charge on any atom is -0.381 e. The lowest BCUT2D eigenvalue weighted by molar-refractivity contribution is 0.254. The van der Waals surface area contributed by atoms with E-state index in [-0.39, 0.29) is 11.8 Å². The molecule has 3 N–H and O–H groups in total. The second-order valence-corrected chi connectivity index (χ2v) is 4.71. The highest BCUT2D eigenvalue weighted by Gasteiger charge is 2.01. The highest BCUT2D eigenvalue weighted by Crippen LogP contribution is 2.16. The van der Waals surface area contributed by atoms with Crippen LogP contribution in [0.5, 0.6) is 0 Å². The molecule has 0 heterocycles. The molecule has 110 valence electrons. The molecule has 0 aliphatic heterocycles. The van der Waals surface area contributed by atoms with Crippen LogP contribution in [0.3, 0.4) is 0 Å². The standard InChI is InChI=1S/C16H18FN3O/c1-11-9-13(17)4-3-12(11)10-19-14-5-7-15(8-6-14)20-16(21)18-2/h3-9,19H,10H2,1-2H3,(H2,18,20,21). The summed E-state index contributed by atoms with van der Waals surface area (Å²) >= 11 is 0. The van der Waals surface area contributed by atoms with Gasteiger partial charge in [-0.05, 0) is 54.4 Å². The van der Waals surface area contributed by atoms with Crippen molar-refractivity contribution in [3.63, 3.8) is 0 Å². The van der Waals surface area contributed by atoms with Crippen molar-refractivity contribution in [2.75, 3.05) is 17.7 Å². The minimum atomic E-state index is -0.252. The number of carbonyl (C=O) groups excluding carboxylic acids is 1. The molecule has 0 atom stereocenters. The molecule has 0 aliphatic carbocycles. The Labute approximate surface area is 123 Å². The van der Waals surface area contributed by atoms with Gasteiger partial charge in [-0.15, -0.1) is 0 Å². The van der Waals surface area contributed by atoms with Crippen molar-refractivity contribution in [3.8, 4) is 0 Å². The summed E-state index contributed by atoms with van der Waals surface area (Å²) in [7, 11) is 1.57. The van der Waals surface area contributed by atoms with Crippen molar-refractivity contribution >= 4 is 17.4 Å². The van der Waals surface area contributed by atoms with Crippen LogP contribution in [0.25, 0.3) is 0 Å². The van der Waals surface area contributed by atoms with Gasteiger partial charge in [0.15, 0.2) is 0 Å². The summed E-state index contributed by atoms with van der Waals surface area (Å²) in [5, 5.41) is 8.44. The number of urea groups is 1. The van der Waals surface area contributed by atoms with Crippen LogP contribution in [-0.2, 0) is 6.54 Å². The maximum Gasteiger partial charge on any atom is 0.318 e. The number of hydrogen-bond donors (Lipinski definition) is 3. The average Bonchev–Trinajstić information content (AvgIpc) is 2.48. The molecule has 21 heavy (non-hydrogen) atoms. The summed E-state index contributed by atoms with van der Waals surface area (Å²) in [6, 6.07) is 11.9. The summed E-state index contributed by atoms with van der Waals surface area (Å²) in [4.78, 5) is 11.2. The average molecular weight is 287 g/mol. The molecule has 0 bridgehead atoms. The van der Waals surface area contributed by atoms with Gasteiger partial charge in [0, 0.05) is 25.0 Å². The number of halogens is 1. The monoisotopic (exact) mass is 287 g/mol. The molecule has 0 spiro atoms. The Hall–Kier alpha value is -2.56. The molecule has 0 aliphatic rings. The third kappa shape index (κ3) is 4.21. The fourth-order valence-corrected chi connectivity index (χ4v) is 1.92. The first-order chi connectivity index (χ1) is 10.1. The van der Waals surface area contributed by atoms with Crippen LogP contribution in [0.1, 0.15) is 11.1 Å². The van der Waals surface area contributed by atoms with E-state index in [4.69, 9.17) is 0 Å². The van der Waals surface area contributed by atoms with E-state index in [0.29, 0.717) is 6.54 Å². The lowest BCUT2D eigenvalue weighted by Crippen LogP contribution is -2.24. The van der Waals surface area contributed by atoms with Gasteiger partial charge in [-0.25, -0.2) is 9.18 Å². The summed E-state index contributed by atoms with van der Waals surface area (Å²) in [5.74, 6) is -0.221. The van der Waals surface area contributed by atoms with Crippen molar-refractivity contribution in [1.82, 2.24) is 5.32 Å². The Morgan fingerprint density at radius 3 is 2.38 bits per heavy atom. The van der Waals surface area contributed by atoms with Crippen molar-refractivity contribution in [2.24, 2.45) is 0 Å². The van der Waals surface area contributed by atoms with Crippen LogP contribution < -0.4 is 16.0 Å². The van der Waals surface area contributed by atoms with Gasteiger partial charge in [0.1, 0.15) is 5.82 Å². The fourth-order valence-electron chi connectivity index (χ4n) is 1.92. The molecule has 0 unspecified atom stereocenters. The number of aryl methyl sites for hydroxylation is 1. The Balaban J connectivity index is 1.96. The molecule has 0 radical (unpaired) electrons. The Morgan fingerprint density at radius 1 is 1.10 bits per heavy atom. The molecule has 2 amide bonds. The van der Waals surface area contributed by atoms with Crippen LogP contribution in [0.15, 0.2) is 42.5 Å². The molecule has 2 aromatic rings. The summed E-state index contributed by atoms with van der Waals surface area (Å²) in [6.45, 7) is 2.50. The van der Waals surface area contributed by atoms with Crippen LogP contribution in [0.4, 0.5) is 20.6 Å².